The number of hydrogen-bond donors (Lipinski definition) is 0. The van der Waals surface area contributed by atoms with Gasteiger partial charge in [-0.05, 0) is 142 Å². The van der Waals surface area contributed by atoms with Gasteiger partial charge in [0.2, 0.25) is 5.91 Å². The lowest BCUT2D eigenvalue weighted by Gasteiger charge is -2.32. The van der Waals surface area contributed by atoms with Crippen molar-refractivity contribution in [3.8, 4) is 0 Å². The summed E-state index contributed by atoms with van der Waals surface area (Å²) in [6.45, 7) is 7.45. The molecule has 3 unspecified atom stereocenters. The fourth-order valence-corrected chi connectivity index (χ4v) is 8.74. The molecule has 3 atom stereocenters. The standard InChI is InChI=1S/C55H98N2O3/c1-7-10-13-15-17-19-21-23-25-27-29-31-33-35-37-40-42-51(43-41-38-36-34-32-30-28-26-24-22-20-18-16-14-11-8-2)60-55(59)49-50-45-46-53(52(50)44-39-12-9-3)57(6)54(58)47-48-56(4)5/h12,17-20,23-26,39,50-53H,7-11,13-16,21-22,27-38,40-49H2,1-6H3/b19-17-,20-18-,25-23-,26-24-,39-12-. The number of unbranched alkanes of at least 4 members (excludes halogenated alkanes) is 18. The third-order valence-electron chi connectivity index (χ3n) is 12.6. The van der Waals surface area contributed by atoms with E-state index in [0.29, 0.717) is 18.8 Å². The number of amides is 1. The number of esters is 1. The van der Waals surface area contributed by atoms with Gasteiger partial charge in [0.1, 0.15) is 6.10 Å². The lowest BCUT2D eigenvalue weighted by atomic mass is 9.87. The Kier molecular flexibility index (Phi) is 37.7. The summed E-state index contributed by atoms with van der Waals surface area (Å²) in [6.07, 6.45) is 60.0. The molecule has 1 amide bonds. The van der Waals surface area contributed by atoms with Gasteiger partial charge in [-0.2, -0.15) is 0 Å². The average molecular weight is 835 g/mol. The molecule has 0 aromatic carbocycles. The Bertz CT molecular complexity index is 1100. The van der Waals surface area contributed by atoms with Crippen LogP contribution >= 0.6 is 0 Å². The summed E-state index contributed by atoms with van der Waals surface area (Å²) in [5.41, 5.74) is 0. The molecule has 0 radical (unpaired) electrons. The zero-order chi connectivity index (χ0) is 43.7. The van der Waals surface area contributed by atoms with Crippen LogP contribution in [0.3, 0.4) is 0 Å². The van der Waals surface area contributed by atoms with E-state index in [0.717, 1.165) is 70.8 Å². The molecule has 0 aromatic rings. The minimum absolute atomic E-state index is 0.0169. The summed E-state index contributed by atoms with van der Waals surface area (Å²) in [7, 11) is 6.02. The summed E-state index contributed by atoms with van der Waals surface area (Å²) in [5, 5.41) is 0. The third kappa shape index (κ3) is 31.4. The number of carbonyl (C=O) groups excluding carboxylic acids is 2. The molecule has 60 heavy (non-hydrogen) atoms. The predicted octanol–water partition coefficient (Wildman–Crippen LogP) is 15.9. The largest absolute Gasteiger partial charge is 0.462 e. The van der Waals surface area contributed by atoms with E-state index in [2.05, 4.69) is 86.4 Å². The van der Waals surface area contributed by atoms with Crippen LogP contribution in [-0.2, 0) is 14.3 Å². The first-order valence-electron chi connectivity index (χ1n) is 25.7. The Morgan fingerprint density at radius 2 is 1.03 bits per heavy atom. The van der Waals surface area contributed by atoms with Gasteiger partial charge in [0.15, 0.2) is 0 Å². The minimum Gasteiger partial charge on any atom is -0.462 e. The summed E-state index contributed by atoms with van der Waals surface area (Å²) in [4.78, 5) is 30.9. The molecule has 1 fully saturated rings. The van der Waals surface area contributed by atoms with Crippen LogP contribution in [0.4, 0.5) is 0 Å². The second kappa shape index (κ2) is 40.7. The van der Waals surface area contributed by atoms with Crippen molar-refractivity contribution in [1.29, 1.82) is 0 Å². The van der Waals surface area contributed by atoms with Crippen molar-refractivity contribution in [1.82, 2.24) is 9.80 Å². The average Bonchev–Trinajstić information content (AvgIpc) is 3.63. The molecule has 5 nitrogen and oxygen atoms in total. The van der Waals surface area contributed by atoms with E-state index < -0.39 is 0 Å². The molecule has 1 saturated carbocycles. The van der Waals surface area contributed by atoms with Crippen LogP contribution in [0.15, 0.2) is 60.8 Å². The first-order chi connectivity index (χ1) is 29.3. The van der Waals surface area contributed by atoms with Crippen molar-refractivity contribution in [2.24, 2.45) is 11.8 Å². The van der Waals surface area contributed by atoms with Crippen molar-refractivity contribution >= 4 is 11.9 Å². The van der Waals surface area contributed by atoms with E-state index in [4.69, 9.17) is 4.74 Å². The lowest BCUT2D eigenvalue weighted by molar-refractivity contribution is -0.151. The molecule has 0 bridgehead atoms. The Morgan fingerprint density at radius 3 is 1.50 bits per heavy atom. The fraction of sp³-hybridized carbons (Fsp3) is 0.782. The van der Waals surface area contributed by atoms with Gasteiger partial charge >= 0.3 is 5.97 Å². The van der Waals surface area contributed by atoms with Crippen LogP contribution in [0, 0.1) is 11.8 Å². The molecule has 5 heteroatoms. The maximum absolute atomic E-state index is 13.7. The first kappa shape index (κ1) is 55.6. The topological polar surface area (TPSA) is 49.9 Å². The van der Waals surface area contributed by atoms with Crippen LogP contribution in [-0.4, -0.2) is 61.5 Å². The molecular formula is C55H98N2O3. The van der Waals surface area contributed by atoms with Crippen LogP contribution < -0.4 is 0 Å². The summed E-state index contributed by atoms with van der Waals surface area (Å²) < 4.78 is 6.38. The number of rotatable bonds is 40. The van der Waals surface area contributed by atoms with Gasteiger partial charge in [-0.3, -0.25) is 9.59 Å². The van der Waals surface area contributed by atoms with Crippen molar-refractivity contribution in [2.75, 3.05) is 27.7 Å². The van der Waals surface area contributed by atoms with Crippen molar-refractivity contribution in [3.05, 3.63) is 60.8 Å². The maximum atomic E-state index is 13.7. The van der Waals surface area contributed by atoms with E-state index in [9.17, 15) is 9.59 Å². The van der Waals surface area contributed by atoms with Crippen LogP contribution in [0.1, 0.15) is 226 Å². The maximum Gasteiger partial charge on any atom is 0.306 e. The van der Waals surface area contributed by atoms with Gasteiger partial charge in [0, 0.05) is 32.5 Å². The van der Waals surface area contributed by atoms with E-state index in [1.165, 1.54) is 128 Å². The van der Waals surface area contributed by atoms with Crippen LogP contribution in [0.25, 0.3) is 0 Å². The highest BCUT2D eigenvalue weighted by Crippen LogP contribution is 2.40. The third-order valence-corrected chi connectivity index (χ3v) is 12.6. The molecule has 0 heterocycles. The number of ether oxygens (including phenoxy) is 1. The lowest BCUT2D eigenvalue weighted by Crippen LogP contribution is -2.41. The molecule has 0 aliphatic heterocycles. The van der Waals surface area contributed by atoms with Gasteiger partial charge in [0.05, 0.1) is 0 Å². The Hall–Kier alpha value is -2.40. The SMILES string of the molecule is CC/C=C\CC1C(CC(=O)OC(CCCCCCCC/C=C\C/C=C\CCCCC)CCCCCCCC/C=C\C/C=C\CCCCC)CCC1N(C)C(=O)CCN(C)C. The van der Waals surface area contributed by atoms with E-state index in [1.54, 1.807) is 0 Å². The highest BCUT2D eigenvalue weighted by atomic mass is 16.5. The Morgan fingerprint density at radius 1 is 0.567 bits per heavy atom. The number of nitrogens with zero attached hydrogens (tertiary/aromatic N) is 2. The molecule has 346 valence electrons. The van der Waals surface area contributed by atoms with E-state index >= 15 is 0 Å². The monoisotopic (exact) mass is 835 g/mol. The molecule has 1 aliphatic rings. The highest BCUT2D eigenvalue weighted by molar-refractivity contribution is 5.76. The van der Waals surface area contributed by atoms with Crippen molar-refractivity contribution < 1.29 is 14.3 Å². The summed E-state index contributed by atoms with van der Waals surface area (Å²) >= 11 is 0. The molecular weight excluding hydrogens is 737 g/mol. The minimum atomic E-state index is -0.0169. The van der Waals surface area contributed by atoms with Gasteiger partial charge in [0.25, 0.3) is 0 Å². The Balaban J connectivity index is 2.58. The highest BCUT2D eigenvalue weighted by Gasteiger charge is 2.40. The zero-order valence-electron chi connectivity index (χ0n) is 40.5. The smallest absolute Gasteiger partial charge is 0.306 e. The second-order valence-corrected chi connectivity index (χ2v) is 18.3. The molecule has 1 aliphatic carbocycles. The van der Waals surface area contributed by atoms with Gasteiger partial charge in [-0.25, -0.2) is 0 Å². The second-order valence-electron chi connectivity index (χ2n) is 18.3. The molecule has 0 N–H and O–H groups in total. The molecule has 0 aromatic heterocycles. The van der Waals surface area contributed by atoms with E-state index in [-0.39, 0.29) is 29.9 Å². The molecule has 0 spiro atoms. The zero-order valence-corrected chi connectivity index (χ0v) is 40.5. The first-order valence-corrected chi connectivity index (χ1v) is 25.7. The Labute approximate surface area is 373 Å². The predicted molar refractivity (Wildman–Crippen MR) is 262 cm³/mol. The van der Waals surface area contributed by atoms with Crippen LogP contribution in [0.5, 0.6) is 0 Å². The van der Waals surface area contributed by atoms with Crippen molar-refractivity contribution in [2.45, 2.75) is 238 Å². The van der Waals surface area contributed by atoms with Crippen molar-refractivity contribution in [3.63, 3.8) is 0 Å². The van der Waals surface area contributed by atoms with Crippen LogP contribution in [0.2, 0.25) is 0 Å². The van der Waals surface area contributed by atoms with E-state index in [1.807, 2.05) is 26.0 Å². The van der Waals surface area contributed by atoms with Gasteiger partial charge in [-0.15, -0.1) is 0 Å². The molecule has 1 rings (SSSR count). The summed E-state index contributed by atoms with van der Waals surface area (Å²) in [5.74, 6) is 0.754. The number of allylic oxidation sites excluding steroid dienone is 10. The normalized spacial score (nSPS) is 17.4. The van der Waals surface area contributed by atoms with Gasteiger partial charge in [-0.1, -0.05) is 159 Å². The number of hydrogen-bond acceptors (Lipinski definition) is 4. The van der Waals surface area contributed by atoms with Gasteiger partial charge < -0.3 is 14.5 Å². The molecule has 0 saturated heterocycles. The summed E-state index contributed by atoms with van der Waals surface area (Å²) in [6, 6.07) is 0.186. The number of carbonyl (C=O) groups is 2. The fourth-order valence-electron chi connectivity index (χ4n) is 8.74. The quantitative estimate of drug-likeness (QED) is 0.0350.